The lowest BCUT2D eigenvalue weighted by Gasteiger charge is -2.28. The highest BCUT2D eigenvalue weighted by Crippen LogP contribution is 2.35. The van der Waals surface area contributed by atoms with E-state index in [4.69, 9.17) is 0 Å². The molecule has 0 bridgehead atoms. The molecule has 2 rings (SSSR count). The summed E-state index contributed by atoms with van der Waals surface area (Å²) in [7, 11) is 0. The van der Waals surface area contributed by atoms with Crippen LogP contribution in [0.15, 0.2) is 18.2 Å². The summed E-state index contributed by atoms with van der Waals surface area (Å²) in [6.45, 7) is 3.82. The van der Waals surface area contributed by atoms with E-state index < -0.39 is 0 Å². The number of Topliss-reactive ketones (excluding diaryl/α,β-unsaturated/α-hetero) is 1. The van der Waals surface area contributed by atoms with Gasteiger partial charge in [0.05, 0.1) is 5.25 Å². The molecule has 1 heterocycles. The lowest BCUT2D eigenvalue weighted by atomic mass is 10.0. The van der Waals surface area contributed by atoms with E-state index >= 15 is 0 Å². The summed E-state index contributed by atoms with van der Waals surface area (Å²) < 4.78 is 13.5. The van der Waals surface area contributed by atoms with Gasteiger partial charge in [0.15, 0.2) is 5.78 Å². The van der Waals surface area contributed by atoms with Crippen molar-refractivity contribution in [3.05, 3.63) is 35.1 Å². The van der Waals surface area contributed by atoms with E-state index in [2.05, 4.69) is 6.92 Å². The van der Waals surface area contributed by atoms with Crippen molar-refractivity contribution in [3.8, 4) is 0 Å². The largest absolute Gasteiger partial charge is 0.293 e. The Kier molecular flexibility index (Phi) is 4.73. The predicted molar refractivity (Wildman–Crippen MR) is 78.3 cm³/mol. The number of aryl methyl sites for hydroxylation is 1. The molecule has 1 nitrogen and oxygen atoms in total. The highest BCUT2D eigenvalue weighted by atomic mass is 32.2. The molecule has 2 unspecified atom stereocenters. The zero-order valence-electron chi connectivity index (χ0n) is 10.6. The third kappa shape index (κ3) is 2.91. The molecule has 0 N–H and O–H groups in total. The second kappa shape index (κ2) is 6.11. The van der Waals surface area contributed by atoms with Gasteiger partial charge in [0, 0.05) is 22.3 Å². The lowest BCUT2D eigenvalue weighted by molar-refractivity contribution is 0.0987. The number of hydrogen-bond acceptors (Lipinski definition) is 3. The van der Waals surface area contributed by atoms with E-state index in [0.717, 1.165) is 17.9 Å². The Hall–Kier alpha value is -0.480. The minimum Gasteiger partial charge on any atom is -0.293 e. The van der Waals surface area contributed by atoms with Crippen LogP contribution in [0.5, 0.6) is 0 Å². The molecule has 0 aliphatic carbocycles. The molecule has 18 heavy (non-hydrogen) atoms. The summed E-state index contributed by atoms with van der Waals surface area (Å²) in [4.78, 5) is 12.4. The van der Waals surface area contributed by atoms with E-state index in [1.165, 1.54) is 6.07 Å². The Morgan fingerprint density at radius 2 is 2.11 bits per heavy atom. The van der Waals surface area contributed by atoms with Gasteiger partial charge in [-0.05, 0) is 25.0 Å². The van der Waals surface area contributed by atoms with Gasteiger partial charge < -0.3 is 0 Å². The number of thioether (sulfide) groups is 2. The molecular formula is C14H17FOS2. The number of ketones is 1. The van der Waals surface area contributed by atoms with Crippen LogP contribution in [0, 0.1) is 12.7 Å². The van der Waals surface area contributed by atoms with Crippen molar-refractivity contribution in [2.45, 2.75) is 30.8 Å². The monoisotopic (exact) mass is 284 g/mol. The summed E-state index contributed by atoms with van der Waals surface area (Å²) in [5, 5.41) is 0.344. The van der Waals surface area contributed by atoms with Gasteiger partial charge in [-0.3, -0.25) is 4.79 Å². The molecule has 1 saturated heterocycles. The molecular weight excluding hydrogens is 267 g/mol. The van der Waals surface area contributed by atoms with Crippen LogP contribution >= 0.6 is 23.5 Å². The number of carbonyl (C=O) groups is 1. The highest BCUT2D eigenvalue weighted by Gasteiger charge is 2.31. The maximum atomic E-state index is 13.5. The highest BCUT2D eigenvalue weighted by molar-refractivity contribution is 8.07. The molecule has 98 valence electrons. The number of rotatable bonds is 3. The average molecular weight is 284 g/mol. The first kappa shape index (κ1) is 13.9. The van der Waals surface area contributed by atoms with Gasteiger partial charge in [-0.25, -0.2) is 4.39 Å². The van der Waals surface area contributed by atoms with Crippen molar-refractivity contribution < 1.29 is 9.18 Å². The van der Waals surface area contributed by atoms with E-state index in [1.807, 2.05) is 11.8 Å². The quantitative estimate of drug-likeness (QED) is 0.783. The van der Waals surface area contributed by atoms with E-state index in [-0.39, 0.29) is 16.9 Å². The maximum Gasteiger partial charge on any atom is 0.177 e. The summed E-state index contributed by atoms with van der Waals surface area (Å²) in [6, 6.07) is 4.81. The van der Waals surface area contributed by atoms with Crippen LogP contribution in [0.2, 0.25) is 0 Å². The van der Waals surface area contributed by atoms with Gasteiger partial charge in [-0.1, -0.05) is 19.1 Å². The maximum absolute atomic E-state index is 13.5. The molecule has 4 heteroatoms. The van der Waals surface area contributed by atoms with E-state index in [0.29, 0.717) is 16.4 Å². The first-order valence-electron chi connectivity index (χ1n) is 6.17. The van der Waals surface area contributed by atoms with Gasteiger partial charge in [-0.2, -0.15) is 11.8 Å². The molecule has 1 aliphatic rings. The topological polar surface area (TPSA) is 17.1 Å². The van der Waals surface area contributed by atoms with E-state index in [9.17, 15) is 9.18 Å². The molecule has 1 aromatic rings. The zero-order valence-corrected chi connectivity index (χ0v) is 12.2. The van der Waals surface area contributed by atoms with Crippen molar-refractivity contribution in [1.82, 2.24) is 0 Å². The zero-order chi connectivity index (χ0) is 13.1. The second-order valence-electron chi connectivity index (χ2n) is 4.44. The van der Waals surface area contributed by atoms with Gasteiger partial charge >= 0.3 is 0 Å². The fourth-order valence-electron chi connectivity index (χ4n) is 2.06. The van der Waals surface area contributed by atoms with E-state index in [1.54, 1.807) is 30.8 Å². The fraction of sp³-hybridized carbons (Fsp3) is 0.500. The van der Waals surface area contributed by atoms with Gasteiger partial charge in [0.1, 0.15) is 5.82 Å². The van der Waals surface area contributed by atoms with Crippen molar-refractivity contribution in [1.29, 1.82) is 0 Å². The molecule has 1 aliphatic heterocycles. The number of halogens is 1. The first-order valence-corrected chi connectivity index (χ1v) is 8.26. The first-order chi connectivity index (χ1) is 8.63. The standard InChI is InChI=1S/C14H17FOS2/c1-3-12-14(18-7-6-17-12)13(16)10-5-4-9(2)11(15)8-10/h4-5,8,12,14H,3,6-7H2,1-2H3. The minimum absolute atomic E-state index is 0.0177. The molecule has 0 radical (unpaired) electrons. The minimum atomic E-state index is -0.289. The van der Waals surface area contributed by atoms with Crippen LogP contribution in [-0.2, 0) is 0 Å². The van der Waals surface area contributed by atoms with Crippen LogP contribution in [0.3, 0.4) is 0 Å². The van der Waals surface area contributed by atoms with Crippen LogP contribution in [0.25, 0.3) is 0 Å². The Morgan fingerprint density at radius 3 is 2.78 bits per heavy atom. The molecule has 1 fully saturated rings. The normalized spacial score (nSPS) is 23.9. The molecule has 0 amide bonds. The smallest absolute Gasteiger partial charge is 0.177 e. The van der Waals surface area contributed by atoms with Gasteiger partial charge in [-0.15, -0.1) is 11.8 Å². The van der Waals surface area contributed by atoms with Crippen molar-refractivity contribution in [3.63, 3.8) is 0 Å². The Balaban J connectivity index is 2.21. The van der Waals surface area contributed by atoms with Crippen LogP contribution < -0.4 is 0 Å². The van der Waals surface area contributed by atoms with Crippen molar-refractivity contribution >= 4 is 29.3 Å². The Bertz CT molecular complexity index is 447. The number of hydrogen-bond donors (Lipinski definition) is 0. The molecule has 0 saturated carbocycles. The van der Waals surface area contributed by atoms with Crippen molar-refractivity contribution in [2.75, 3.05) is 11.5 Å². The number of benzene rings is 1. The fourth-order valence-corrected chi connectivity index (χ4v) is 5.08. The van der Waals surface area contributed by atoms with Gasteiger partial charge in [0.2, 0.25) is 0 Å². The molecule has 0 spiro atoms. The molecule has 0 aromatic heterocycles. The predicted octanol–water partition coefficient (Wildman–Crippen LogP) is 3.94. The third-order valence-corrected chi connectivity index (χ3v) is 6.41. The average Bonchev–Trinajstić information content (AvgIpc) is 2.41. The van der Waals surface area contributed by atoms with Crippen LogP contribution in [0.4, 0.5) is 4.39 Å². The molecule has 2 atom stereocenters. The van der Waals surface area contributed by atoms with Gasteiger partial charge in [0.25, 0.3) is 0 Å². The van der Waals surface area contributed by atoms with Crippen molar-refractivity contribution in [2.24, 2.45) is 0 Å². The Labute approximate surface area is 116 Å². The number of carbonyl (C=O) groups excluding carboxylic acids is 1. The Morgan fingerprint density at radius 1 is 1.39 bits per heavy atom. The SMILES string of the molecule is CCC1SCCSC1C(=O)c1ccc(C)c(F)c1. The summed E-state index contributed by atoms with van der Waals surface area (Å²) in [6.07, 6.45) is 0.989. The molecule has 1 aromatic carbocycles. The lowest BCUT2D eigenvalue weighted by Crippen LogP contribution is -2.32. The van der Waals surface area contributed by atoms with Crippen LogP contribution in [0.1, 0.15) is 29.3 Å². The summed E-state index contributed by atoms with van der Waals surface area (Å²) in [5.41, 5.74) is 1.10. The summed E-state index contributed by atoms with van der Waals surface area (Å²) in [5.74, 6) is 1.90. The third-order valence-electron chi connectivity index (χ3n) is 3.17. The second-order valence-corrected chi connectivity index (χ2v) is 7.03. The summed E-state index contributed by atoms with van der Waals surface area (Å²) >= 11 is 3.58. The van der Waals surface area contributed by atoms with Crippen LogP contribution in [-0.4, -0.2) is 27.8 Å².